The molecule has 0 spiro atoms. The zero-order valence-electron chi connectivity index (χ0n) is 15.7. The number of hydrogen-bond donors (Lipinski definition) is 1. The largest absolute Gasteiger partial charge is 0.472 e. The Morgan fingerprint density at radius 3 is 2.74 bits per heavy atom. The SMILES string of the molecule is Cc1ccc(-c2cc(N3CCCN(C(=O)c4ccoc4)CC3)n[nH]2)cc1C. The molecule has 1 aliphatic heterocycles. The van der Waals surface area contributed by atoms with Crippen LogP contribution in [-0.2, 0) is 0 Å². The Hall–Kier alpha value is -3.02. The molecule has 1 amide bonds. The minimum atomic E-state index is 0.0310. The first-order chi connectivity index (χ1) is 13.1. The van der Waals surface area contributed by atoms with Crippen molar-refractivity contribution in [2.45, 2.75) is 20.3 Å². The van der Waals surface area contributed by atoms with Gasteiger partial charge in [-0.2, -0.15) is 5.10 Å². The fraction of sp³-hybridized carbons (Fsp3) is 0.333. The number of aromatic nitrogens is 2. The summed E-state index contributed by atoms with van der Waals surface area (Å²) in [5.41, 5.74) is 5.33. The summed E-state index contributed by atoms with van der Waals surface area (Å²) in [5.74, 6) is 0.962. The van der Waals surface area contributed by atoms with E-state index in [0.29, 0.717) is 12.1 Å². The maximum Gasteiger partial charge on any atom is 0.257 e. The molecule has 1 aliphatic rings. The molecule has 0 aliphatic carbocycles. The van der Waals surface area contributed by atoms with E-state index in [1.54, 1.807) is 6.07 Å². The number of benzene rings is 1. The zero-order valence-corrected chi connectivity index (χ0v) is 15.7. The van der Waals surface area contributed by atoms with E-state index in [0.717, 1.165) is 43.1 Å². The normalized spacial score (nSPS) is 15.0. The van der Waals surface area contributed by atoms with Crippen LogP contribution < -0.4 is 4.90 Å². The Morgan fingerprint density at radius 2 is 1.96 bits per heavy atom. The standard InChI is InChI=1S/C21H24N4O2/c1-15-4-5-17(12-16(15)2)19-13-20(23-22-19)24-7-3-8-25(10-9-24)21(26)18-6-11-27-14-18/h4-6,11-14H,3,7-10H2,1-2H3,(H,22,23). The predicted molar refractivity (Wildman–Crippen MR) is 105 cm³/mol. The summed E-state index contributed by atoms with van der Waals surface area (Å²) in [4.78, 5) is 16.7. The monoisotopic (exact) mass is 364 g/mol. The number of H-pyrrole nitrogens is 1. The summed E-state index contributed by atoms with van der Waals surface area (Å²) < 4.78 is 5.04. The molecule has 6 nitrogen and oxygen atoms in total. The van der Waals surface area contributed by atoms with E-state index in [4.69, 9.17) is 4.42 Å². The van der Waals surface area contributed by atoms with Gasteiger partial charge in [-0.3, -0.25) is 9.89 Å². The Balaban J connectivity index is 1.46. The van der Waals surface area contributed by atoms with Gasteiger partial charge in [0.2, 0.25) is 0 Å². The van der Waals surface area contributed by atoms with Crippen molar-refractivity contribution >= 4 is 11.7 Å². The summed E-state index contributed by atoms with van der Waals surface area (Å²) in [6.45, 7) is 7.31. The van der Waals surface area contributed by atoms with Crippen LogP contribution in [0.1, 0.15) is 27.9 Å². The van der Waals surface area contributed by atoms with Gasteiger partial charge < -0.3 is 14.2 Å². The number of anilines is 1. The van der Waals surface area contributed by atoms with Gasteiger partial charge in [-0.15, -0.1) is 0 Å². The second-order valence-electron chi connectivity index (χ2n) is 7.08. The Morgan fingerprint density at radius 1 is 1.07 bits per heavy atom. The third-order valence-corrected chi connectivity index (χ3v) is 5.26. The summed E-state index contributed by atoms with van der Waals surface area (Å²) in [6, 6.07) is 10.2. The van der Waals surface area contributed by atoms with E-state index >= 15 is 0 Å². The molecule has 1 saturated heterocycles. The summed E-state index contributed by atoms with van der Waals surface area (Å²) in [6.07, 6.45) is 3.96. The van der Waals surface area contributed by atoms with Crippen molar-refractivity contribution in [3.63, 3.8) is 0 Å². The Bertz CT molecular complexity index is 930. The molecule has 2 aromatic heterocycles. The molecule has 0 unspecified atom stereocenters. The van der Waals surface area contributed by atoms with Crippen molar-refractivity contribution in [3.05, 3.63) is 59.5 Å². The molecule has 0 atom stereocenters. The topological polar surface area (TPSA) is 65.4 Å². The van der Waals surface area contributed by atoms with E-state index in [-0.39, 0.29) is 5.91 Å². The van der Waals surface area contributed by atoms with Crippen LogP contribution in [-0.4, -0.2) is 47.2 Å². The van der Waals surface area contributed by atoms with Crippen LogP contribution in [0.5, 0.6) is 0 Å². The molecular weight excluding hydrogens is 340 g/mol. The number of aromatic amines is 1. The quantitative estimate of drug-likeness (QED) is 0.771. The molecule has 6 heteroatoms. The first-order valence-electron chi connectivity index (χ1n) is 9.31. The average Bonchev–Trinajstić information content (AvgIpc) is 3.32. The van der Waals surface area contributed by atoms with Crippen molar-refractivity contribution in [2.75, 3.05) is 31.1 Å². The predicted octanol–water partition coefficient (Wildman–Crippen LogP) is 3.64. The van der Waals surface area contributed by atoms with Gasteiger partial charge >= 0.3 is 0 Å². The number of furan rings is 1. The molecule has 0 radical (unpaired) electrons. The van der Waals surface area contributed by atoms with Gasteiger partial charge in [0.15, 0.2) is 5.82 Å². The van der Waals surface area contributed by atoms with Gasteiger partial charge in [0.25, 0.3) is 5.91 Å². The number of nitrogens with one attached hydrogen (secondary N) is 1. The molecule has 3 aromatic rings. The van der Waals surface area contributed by atoms with Crippen molar-refractivity contribution in [1.82, 2.24) is 15.1 Å². The first kappa shape index (κ1) is 17.4. The van der Waals surface area contributed by atoms with Gasteiger partial charge in [0, 0.05) is 32.2 Å². The van der Waals surface area contributed by atoms with Crippen LogP contribution in [0.15, 0.2) is 47.3 Å². The number of amides is 1. The minimum Gasteiger partial charge on any atom is -0.472 e. The minimum absolute atomic E-state index is 0.0310. The van der Waals surface area contributed by atoms with Crippen LogP contribution in [0.2, 0.25) is 0 Å². The molecule has 1 fully saturated rings. The summed E-state index contributed by atoms with van der Waals surface area (Å²) >= 11 is 0. The lowest BCUT2D eigenvalue weighted by Gasteiger charge is -2.21. The highest BCUT2D eigenvalue weighted by Crippen LogP contribution is 2.24. The number of carbonyl (C=O) groups is 1. The highest BCUT2D eigenvalue weighted by atomic mass is 16.3. The lowest BCUT2D eigenvalue weighted by molar-refractivity contribution is 0.0766. The van der Waals surface area contributed by atoms with Gasteiger partial charge in [-0.05, 0) is 49.1 Å². The van der Waals surface area contributed by atoms with Gasteiger partial charge in [-0.25, -0.2) is 0 Å². The van der Waals surface area contributed by atoms with Crippen LogP contribution >= 0.6 is 0 Å². The Kier molecular flexibility index (Phi) is 4.71. The van der Waals surface area contributed by atoms with Gasteiger partial charge in [-0.1, -0.05) is 12.1 Å². The first-order valence-corrected chi connectivity index (χ1v) is 9.31. The van der Waals surface area contributed by atoms with E-state index in [1.165, 1.54) is 23.7 Å². The van der Waals surface area contributed by atoms with Crippen LogP contribution in [0.25, 0.3) is 11.3 Å². The highest BCUT2D eigenvalue weighted by Gasteiger charge is 2.22. The third kappa shape index (κ3) is 3.60. The summed E-state index contributed by atoms with van der Waals surface area (Å²) in [7, 11) is 0. The molecule has 1 N–H and O–H groups in total. The molecule has 140 valence electrons. The number of carbonyl (C=O) groups excluding carboxylic acids is 1. The number of rotatable bonds is 3. The molecule has 0 bridgehead atoms. The van der Waals surface area contributed by atoms with Crippen molar-refractivity contribution in [2.24, 2.45) is 0 Å². The Labute approximate surface area is 158 Å². The average molecular weight is 364 g/mol. The smallest absolute Gasteiger partial charge is 0.257 e. The van der Waals surface area contributed by atoms with E-state index < -0.39 is 0 Å². The second kappa shape index (κ2) is 7.31. The van der Waals surface area contributed by atoms with Crippen molar-refractivity contribution in [3.8, 4) is 11.3 Å². The van der Waals surface area contributed by atoms with Crippen molar-refractivity contribution < 1.29 is 9.21 Å². The maximum absolute atomic E-state index is 12.5. The highest BCUT2D eigenvalue weighted by molar-refractivity contribution is 5.93. The van der Waals surface area contributed by atoms with Crippen LogP contribution in [0.4, 0.5) is 5.82 Å². The molecule has 4 rings (SSSR count). The van der Waals surface area contributed by atoms with E-state index in [9.17, 15) is 4.79 Å². The van der Waals surface area contributed by atoms with E-state index in [1.807, 2.05) is 4.90 Å². The molecular formula is C21H24N4O2. The summed E-state index contributed by atoms with van der Waals surface area (Å²) in [5, 5.41) is 7.67. The fourth-order valence-electron chi connectivity index (χ4n) is 3.45. The maximum atomic E-state index is 12.5. The van der Waals surface area contributed by atoms with Crippen molar-refractivity contribution in [1.29, 1.82) is 0 Å². The van der Waals surface area contributed by atoms with E-state index in [2.05, 4.69) is 53.2 Å². The lowest BCUT2D eigenvalue weighted by atomic mass is 10.0. The van der Waals surface area contributed by atoms with Gasteiger partial charge in [0.1, 0.15) is 6.26 Å². The fourth-order valence-corrected chi connectivity index (χ4v) is 3.45. The van der Waals surface area contributed by atoms with Crippen LogP contribution in [0, 0.1) is 13.8 Å². The van der Waals surface area contributed by atoms with Crippen LogP contribution in [0.3, 0.4) is 0 Å². The number of hydrogen-bond acceptors (Lipinski definition) is 4. The molecule has 1 aromatic carbocycles. The lowest BCUT2D eigenvalue weighted by Crippen LogP contribution is -2.35. The molecule has 3 heterocycles. The number of nitrogens with zero attached hydrogens (tertiary/aromatic N) is 3. The molecule has 0 saturated carbocycles. The zero-order chi connectivity index (χ0) is 18.8. The number of aryl methyl sites for hydroxylation is 2. The van der Waals surface area contributed by atoms with Gasteiger partial charge in [0.05, 0.1) is 17.5 Å². The third-order valence-electron chi connectivity index (χ3n) is 5.26. The molecule has 27 heavy (non-hydrogen) atoms. The second-order valence-corrected chi connectivity index (χ2v) is 7.08.